The molecule has 0 aromatic rings. The second-order valence-electron chi connectivity index (χ2n) is 4.23. The molecule has 102 valence electrons. The Morgan fingerprint density at radius 2 is 2.06 bits per heavy atom. The maximum Gasteiger partial charge on any atom is 0.191 e. The molecule has 1 rings (SSSR count). The minimum Gasteiger partial charge on any atom is -0.385 e. The van der Waals surface area contributed by atoms with Crippen molar-refractivity contribution in [3.8, 4) is 0 Å². The Labute approximate surface area is 122 Å². The summed E-state index contributed by atoms with van der Waals surface area (Å²) >= 11 is 0. The smallest absolute Gasteiger partial charge is 0.191 e. The van der Waals surface area contributed by atoms with Crippen LogP contribution in [0.15, 0.2) is 4.99 Å². The molecule has 1 aliphatic rings. The lowest BCUT2D eigenvalue weighted by Crippen LogP contribution is -2.42. The van der Waals surface area contributed by atoms with E-state index in [-0.39, 0.29) is 24.0 Å². The van der Waals surface area contributed by atoms with E-state index < -0.39 is 0 Å². The number of hydrogen-bond donors (Lipinski definition) is 2. The van der Waals surface area contributed by atoms with Crippen LogP contribution in [0.4, 0.5) is 0 Å². The van der Waals surface area contributed by atoms with Crippen LogP contribution >= 0.6 is 24.0 Å². The fourth-order valence-corrected chi connectivity index (χ4v) is 1.98. The van der Waals surface area contributed by atoms with Crippen LogP contribution in [0.25, 0.3) is 0 Å². The highest BCUT2D eigenvalue weighted by Crippen LogP contribution is 2.17. The molecular formula is C12H26IN3O. The van der Waals surface area contributed by atoms with Gasteiger partial charge in [0.05, 0.1) is 0 Å². The van der Waals surface area contributed by atoms with Crippen LogP contribution in [0.2, 0.25) is 0 Å². The molecule has 0 aliphatic heterocycles. The van der Waals surface area contributed by atoms with E-state index >= 15 is 0 Å². The van der Waals surface area contributed by atoms with E-state index in [0.29, 0.717) is 6.04 Å². The average molecular weight is 355 g/mol. The predicted molar refractivity (Wildman–Crippen MR) is 83.3 cm³/mol. The number of methoxy groups -OCH3 is 1. The average Bonchev–Trinajstić information content (AvgIpc) is 2.77. The molecule has 0 atom stereocenters. The van der Waals surface area contributed by atoms with Gasteiger partial charge in [-0.05, 0) is 26.2 Å². The van der Waals surface area contributed by atoms with Gasteiger partial charge in [0.25, 0.3) is 0 Å². The van der Waals surface area contributed by atoms with Gasteiger partial charge in [0.2, 0.25) is 0 Å². The topological polar surface area (TPSA) is 45.7 Å². The number of guanidine groups is 1. The molecule has 17 heavy (non-hydrogen) atoms. The summed E-state index contributed by atoms with van der Waals surface area (Å²) < 4.78 is 5.01. The quantitative estimate of drug-likeness (QED) is 0.332. The van der Waals surface area contributed by atoms with Crippen molar-refractivity contribution in [3.63, 3.8) is 0 Å². The zero-order valence-electron chi connectivity index (χ0n) is 11.0. The van der Waals surface area contributed by atoms with Crippen molar-refractivity contribution in [1.82, 2.24) is 10.6 Å². The van der Waals surface area contributed by atoms with Crippen molar-refractivity contribution in [1.29, 1.82) is 0 Å². The maximum atomic E-state index is 5.01. The van der Waals surface area contributed by atoms with Gasteiger partial charge < -0.3 is 15.4 Å². The lowest BCUT2D eigenvalue weighted by atomic mass is 10.2. The van der Waals surface area contributed by atoms with Gasteiger partial charge >= 0.3 is 0 Å². The lowest BCUT2D eigenvalue weighted by Gasteiger charge is -2.16. The minimum atomic E-state index is 0. The van der Waals surface area contributed by atoms with Crippen LogP contribution in [0.3, 0.4) is 0 Å². The van der Waals surface area contributed by atoms with E-state index in [1.54, 1.807) is 7.11 Å². The van der Waals surface area contributed by atoms with Gasteiger partial charge in [0.15, 0.2) is 5.96 Å². The SMILES string of the molecule is CCNC(=NCCCOC)NC1CCCC1.I. The number of nitrogens with one attached hydrogen (secondary N) is 2. The first kappa shape index (κ1) is 17.0. The molecule has 0 unspecified atom stereocenters. The van der Waals surface area contributed by atoms with Crippen molar-refractivity contribution in [2.24, 2.45) is 4.99 Å². The number of rotatable bonds is 6. The van der Waals surface area contributed by atoms with Crippen LogP contribution in [0.5, 0.6) is 0 Å². The molecule has 4 nitrogen and oxygen atoms in total. The molecule has 5 heteroatoms. The van der Waals surface area contributed by atoms with Crippen LogP contribution in [0, 0.1) is 0 Å². The third-order valence-electron chi connectivity index (χ3n) is 2.82. The van der Waals surface area contributed by atoms with Gasteiger partial charge in [-0.1, -0.05) is 12.8 Å². The molecule has 0 amide bonds. The molecule has 1 saturated carbocycles. The number of hydrogen-bond acceptors (Lipinski definition) is 2. The van der Waals surface area contributed by atoms with Crippen molar-refractivity contribution < 1.29 is 4.74 Å². The number of ether oxygens (including phenoxy) is 1. The zero-order valence-corrected chi connectivity index (χ0v) is 13.3. The van der Waals surface area contributed by atoms with Crippen LogP contribution in [-0.2, 0) is 4.74 Å². The molecule has 0 heterocycles. The van der Waals surface area contributed by atoms with Crippen molar-refractivity contribution in [2.45, 2.75) is 45.1 Å². The molecule has 0 radical (unpaired) electrons. The van der Waals surface area contributed by atoms with Gasteiger partial charge in [0, 0.05) is 32.8 Å². The highest BCUT2D eigenvalue weighted by atomic mass is 127. The van der Waals surface area contributed by atoms with E-state index in [0.717, 1.165) is 32.1 Å². The Morgan fingerprint density at radius 1 is 1.35 bits per heavy atom. The minimum absolute atomic E-state index is 0. The molecule has 2 N–H and O–H groups in total. The molecule has 0 saturated heterocycles. The van der Waals surface area contributed by atoms with Crippen LogP contribution < -0.4 is 10.6 Å². The number of nitrogens with zero attached hydrogens (tertiary/aromatic N) is 1. The second-order valence-corrected chi connectivity index (χ2v) is 4.23. The van der Waals surface area contributed by atoms with Crippen molar-refractivity contribution in [3.05, 3.63) is 0 Å². The summed E-state index contributed by atoms with van der Waals surface area (Å²) in [6, 6.07) is 0.625. The Morgan fingerprint density at radius 3 is 2.65 bits per heavy atom. The first-order chi connectivity index (χ1) is 7.86. The fourth-order valence-electron chi connectivity index (χ4n) is 1.98. The summed E-state index contributed by atoms with van der Waals surface area (Å²) in [4.78, 5) is 4.53. The van der Waals surface area contributed by atoms with Crippen LogP contribution in [-0.4, -0.2) is 38.8 Å². The maximum absolute atomic E-state index is 5.01. The van der Waals surface area contributed by atoms with E-state index in [4.69, 9.17) is 4.74 Å². The van der Waals surface area contributed by atoms with Crippen LogP contribution in [0.1, 0.15) is 39.0 Å². The van der Waals surface area contributed by atoms with E-state index in [1.807, 2.05) is 0 Å². The standard InChI is InChI=1S/C12H25N3O.HI/c1-3-13-12(14-9-6-10-16-2)15-11-7-4-5-8-11;/h11H,3-10H2,1-2H3,(H2,13,14,15);1H. The van der Waals surface area contributed by atoms with Gasteiger partial charge in [-0.3, -0.25) is 4.99 Å². The normalized spacial score (nSPS) is 16.7. The van der Waals surface area contributed by atoms with Gasteiger partial charge in [-0.2, -0.15) is 0 Å². The molecule has 0 aromatic carbocycles. The third kappa shape index (κ3) is 7.81. The third-order valence-corrected chi connectivity index (χ3v) is 2.82. The molecule has 0 spiro atoms. The fraction of sp³-hybridized carbons (Fsp3) is 0.917. The zero-order chi connectivity index (χ0) is 11.6. The van der Waals surface area contributed by atoms with Gasteiger partial charge in [-0.15, -0.1) is 24.0 Å². The Bertz CT molecular complexity index is 206. The first-order valence-corrected chi connectivity index (χ1v) is 6.40. The molecule has 0 bridgehead atoms. The number of halogens is 1. The summed E-state index contributed by atoms with van der Waals surface area (Å²) in [6.07, 6.45) is 6.24. The van der Waals surface area contributed by atoms with E-state index in [9.17, 15) is 0 Å². The van der Waals surface area contributed by atoms with Gasteiger partial charge in [-0.25, -0.2) is 0 Å². The Kier molecular flexibility index (Phi) is 11.0. The van der Waals surface area contributed by atoms with Crippen molar-refractivity contribution >= 4 is 29.9 Å². The summed E-state index contributed by atoms with van der Waals surface area (Å²) in [5.74, 6) is 0.963. The number of aliphatic imine (C=N–C) groups is 1. The van der Waals surface area contributed by atoms with E-state index in [1.165, 1.54) is 25.7 Å². The second kappa shape index (κ2) is 11.1. The summed E-state index contributed by atoms with van der Waals surface area (Å²) in [5, 5.41) is 6.78. The van der Waals surface area contributed by atoms with E-state index in [2.05, 4.69) is 22.5 Å². The molecular weight excluding hydrogens is 329 g/mol. The van der Waals surface area contributed by atoms with Gasteiger partial charge in [0.1, 0.15) is 0 Å². The van der Waals surface area contributed by atoms with Crippen molar-refractivity contribution in [2.75, 3.05) is 26.8 Å². The molecule has 1 aliphatic carbocycles. The first-order valence-electron chi connectivity index (χ1n) is 6.40. The highest BCUT2D eigenvalue weighted by Gasteiger charge is 2.15. The Balaban J connectivity index is 0.00000256. The summed E-state index contributed by atoms with van der Waals surface area (Å²) in [5.41, 5.74) is 0. The monoisotopic (exact) mass is 355 g/mol. The lowest BCUT2D eigenvalue weighted by molar-refractivity contribution is 0.197. The summed E-state index contributed by atoms with van der Waals surface area (Å²) in [7, 11) is 1.73. The molecule has 0 aromatic heterocycles. The Hall–Kier alpha value is -0.0400. The molecule has 1 fully saturated rings. The predicted octanol–water partition coefficient (Wildman–Crippen LogP) is 2.14. The largest absolute Gasteiger partial charge is 0.385 e. The highest BCUT2D eigenvalue weighted by molar-refractivity contribution is 14.0. The summed E-state index contributed by atoms with van der Waals surface area (Å²) in [6.45, 7) is 4.63.